The minimum absolute atomic E-state index is 0.0106. The molecule has 0 aromatic carbocycles. The molecular formula is C9H11N3. The van der Waals surface area contributed by atoms with Crippen molar-refractivity contribution in [2.24, 2.45) is 4.99 Å². The topological polar surface area (TPSA) is 59.9 Å². The van der Waals surface area contributed by atoms with E-state index in [-0.39, 0.29) is 11.4 Å². The van der Waals surface area contributed by atoms with E-state index in [9.17, 15) is 0 Å². The van der Waals surface area contributed by atoms with Crippen LogP contribution in [0, 0.1) is 22.7 Å². The van der Waals surface area contributed by atoms with Crippen molar-refractivity contribution in [1.82, 2.24) is 0 Å². The first-order valence-electron chi connectivity index (χ1n) is 3.44. The van der Waals surface area contributed by atoms with Crippen LogP contribution in [0.3, 0.4) is 0 Å². The number of nitrogens with zero attached hydrogens (tertiary/aromatic N) is 3. The second kappa shape index (κ2) is 9.13. The highest BCUT2D eigenvalue weighted by Gasteiger charge is 1.89. The lowest BCUT2D eigenvalue weighted by atomic mass is 10.4. The van der Waals surface area contributed by atoms with Crippen LogP contribution in [0.15, 0.2) is 29.9 Å². The Hall–Kier alpha value is -1.87. The van der Waals surface area contributed by atoms with Crippen molar-refractivity contribution in [3.63, 3.8) is 0 Å². The number of hydrogen-bond acceptors (Lipinski definition) is 3. The van der Waals surface area contributed by atoms with Crippen LogP contribution in [-0.4, -0.2) is 5.71 Å². The summed E-state index contributed by atoms with van der Waals surface area (Å²) >= 11 is 0. The fourth-order valence-electron chi connectivity index (χ4n) is 0.287. The standard InChI is InChI=1S/C7H5N3.C2H6/c1-3-7(5-9)10-6(2)4-8;1-2/h3H,1-2H2;1-2H3. The average molecular weight is 161 g/mol. The second-order valence-corrected chi connectivity index (χ2v) is 1.37. The van der Waals surface area contributed by atoms with Gasteiger partial charge >= 0.3 is 0 Å². The van der Waals surface area contributed by atoms with Gasteiger partial charge in [-0.05, 0) is 6.08 Å². The molecule has 0 saturated carbocycles. The molecule has 0 atom stereocenters. The number of nitriles is 2. The van der Waals surface area contributed by atoms with Crippen molar-refractivity contribution in [3.8, 4) is 12.1 Å². The minimum atomic E-state index is 0.0106. The third-order valence-electron chi connectivity index (χ3n) is 0.692. The summed E-state index contributed by atoms with van der Waals surface area (Å²) in [5, 5.41) is 16.4. The molecule has 0 aromatic heterocycles. The largest absolute Gasteiger partial charge is 0.227 e. The van der Waals surface area contributed by atoms with Crippen molar-refractivity contribution in [2.45, 2.75) is 13.8 Å². The molecule has 0 heterocycles. The zero-order valence-corrected chi connectivity index (χ0v) is 7.33. The molecule has 0 bridgehead atoms. The highest BCUT2D eigenvalue weighted by molar-refractivity contribution is 6.07. The zero-order valence-electron chi connectivity index (χ0n) is 7.33. The molecule has 3 nitrogen and oxygen atoms in total. The van der Waals surface area contributed by atoms with Crippen LogP contribution in [0.1, 0.15) is 13.8 Å². The maximum absolute atomic E-state index is 8.27. The minimum Gasteiger partial charge on any atom is -0.227 e. The molecule has 3 heteroatoms. The van der Waals surface area contributed by atoms with Gasteiger partial charge in [-0.3, -0.25) is 0 Å². The van der Waals surface area contributed by atoms with E-state index >= 15 is 0 Å². The molecule has 0 fully saturated rings. The fourth-order valence-corrected chi connectivity index (χ4v) is 0.287. The first-order valence-corrected chi connectivity index (χ1v) is 3.44. The van der Waals surface area contributed by atoms with E-state index in [4.69, 9.17) is 10.5 Å². The summed E-state index contributed by atoms with van der Waals surface area (Å²) in [5.74, 6) is 0. The lowest BCUT2D eigenvalue weighted by Gasteiger charge is -1.82. The smallest absolute Gasteiger partial charge is 0.141 e. The summed E-state index contributed by atoms with van der Waals surface area (Å²) in [4.78, 5) is 3.51. The van der Waals surface area contributed by atoms with Gasteiger partial charge in [0.1, 0.15) is 23.5 Å². The van der Waals surface area contributed by atoms with Gasteiger partial charge in [-0.15, -0.1) is 0 Å². The van der Waals surface area contributed by atoms with Crippen LogP contribution in [0.2, 0.25) is 0 Å². The van der Waals surface area contributed by atoms with Gasteiger partial charge in [0.15, 0.2) is 0 Å². The van der Waals surface area contributed by atoms with Crippen LogP contribution in [0.5, 0.6) is 0 Å². The van der Waals surface area contributed by atoms with Gasteiger partial charge in [-0.1, -0.05) is 27.0 Å². The average Bonchev–Trinajstić information content (AvgIpc) is 2.16. The zero-order chi connectivity index (χ0) is 9.98. The molecule has 0 radical (unpaired) electrons. The Morgan fingerprint density at radius 2 is 1.83 bits per heavy atom. The van der Waals surface area contributed by atoms with E-state index in [0.717, 1.165) is 0 Å². The quantitative estimate of drug-likeness (QED) is 0.460. The molecule has 0 N–H and O–H groups in total. The molecule has 0 amide bonds. The molecule has 0 spiro atoms. The van der Waals surface area contributed by atoms with E-state index in [1.54, 1.807) is 12.1 Å². The van der Waals surface area contributed by atoms with Crippen molar-refractivity contribution >= 4 is 5.71 Å². The van der Waals surface area contributed by atoms with Gasteiger partial charge in [-0.25, -0.2) is 4.99 Å². The van der Waals surface area contributed by atoms with E-state index in [1.807, 2.05) is 13.8 Å². The van der Waals surface area contributed by atoms with Gasteiger partial charge in [0, 0.05) is 0 Å². The molecule has 0 unspecified atom stereocenters. The predicted octanol–water partition coefficient (Wildman–Crippen LogP) is 2.20. The van der Waals surface area contributed by atoms with Gasteiger partial charge in [0.2, 0.25) is 0 Å². The van der Waals surface area contributed by atoms with Crippen LogP contribution in [-0.2, 0) is 0 Å². The Morgan fingerprint density at radius 3 is 2.08 bits per heavy atom. The van der Waals surface area contributed by atoms with Gasteiger partial charge in [0.05, 0.1) is 0 Å². The lowest BCUT2D eigenvalue weighted by Crippen LogP contribution is -1.86. The van der Waals surface area contributed by atoms with E-state index in [0.29, 0.717) is 0 Å². The molecular weight excluding hydrogens is 150 g/mol. The molecule has 0 aliphatic carbocycles. The van der Waals surface area contributed by atoms with Gasteiger partial charge in [0.25, 0.3) is 0 Å². The monoisotopic (exact) mass is 161 g/mol. The van der Waals surface area contributed by atoms with E-state index < -0.39 is 0 Å². The summed E-state index contributed by atoms with van der Waals surface area (Å²) in [6.07, 6.45) is 1.27. The molecule has 0 aliphatic rings. The number of allylic oxidation sites excluding steroid dienone is 2. The van der Waals surface area contributed by atoms with Crippen molar-refractivity contribution in [2.75, 3.05) is 0 Å². The van der Waals surface area contributed by atoms with Crippen LogP contribution in [0.25, 0.3) is 0 Å². The third-order valence-corrected chi connectivity index (χ3v) is 0.692. The Kier molecular flexibility index (Phi) is 9.72. The van der Waals surface area contributed by atoms with Crippen molar-refractivity contribution < 1.29 is 0 Å². The van der Waals surface area contributed by atoms with Crippen LogP contribution >= 0.6 is 0 Å². The number of hydrogen-bond donors (Lipinski definition) is 0. The summed E-state index contributed by atoms with van der Waals surface area (Å²) in [6.45, 7) is 10.6. The summed E-state index contributed by atoms with van der Waals surface area (Å²) in [7, 11) is 0. The molecule has 0 aromatic rings. The maximum atomic E-state index is 8.27. The maximum Gasteiger partial charge on any atom is 0.141 e. The van der Waals surface area contributed by atoms with Crippen molar-refractivity contribution in [1.29, 1.82) is 10.5 Å². The summed E-state index contributed by atoms with van der Waals surface area (Å²) < 4.78 is 0. The van der Waals surface area contributed by atoms with E-state index in [2.05, 4.69) is 18.2 Å². The highest BCUT2D eigenvalue weighted by atomic mass is 14.7. The van der Waals surface area contributed by atoms with Gasteiger partial charge in [-0.2, -0.15) is 10.5 Å². The highest BCUT2D eigenvalue weighted by Crippen LogP contribution is 1.90. The predicted molar refractivity (Wildman–Crippen MR) is 49.3 cm³/mol. The second-order valence-electron chi connectivity index (χ2n) is 1.37. The normalized spacial score (nSPS) is 8.17. The number of aliphatic imine (C=N–C) groups is 1. The van der Waals surface area contributed by atoms with Gasteiger partial charge < -0.3 is 0 Å². The Bertz CT molecular complexity index is 260. The molecule has 0 rings (SSSR count). The first kappa shape index (κ1) is 12.8. The van der Waals surface area contributed by atoms with Crippen LogP contribution < -0.4 is 0 Å². The summed E-state index contributed by atoms with van der Waals surface area (Å²) in [5.41, 5.74) is 0.114. The Labute approximate surface area is 73.0 Å². The van der Waals surface area contributed by atoms with E-state index in [1.165, 1.54) is 6.08 Å². The molecule has 12 heavy (non-hydrogen) atoms. The van der Waals surface area contributed by atoms with Crippen LogP contribution in [0.4, 0.5) is 0 Å². The Morgan fingerprint density at radius 1 is 1.33 bits per heavy atom. The third kappa shape index (κ3) is 6.25. The first-order chi connectivity index (χ1) is 5.74. The molecule has 0 saturated heterocycles. The molecule has 0 aliphatic heterocycles. The SMILES string of the molecule is C=CC(C#N)=NC(=C)C#N.CC. The lowest BCUT2D eigenvalue weighted by molar-refractivity contribution is 1.39. The summed E-state index contributed by atoms with van der Waals surface area (Å²) in [6, 6.07) is 3.42. The number of rotatable bonds is 2. The molecule has 62 valence electrons. The Balaban J connectivity index is 0. The van der Waals surface area contributed by atoms with Crippen molar-refractivity contribution in [3.05, 3.63) is 24.9 Å². The fraction of sp³-hybridized carbons (Fsp3) is 0.222.